The van der Waals surface area contributed by atoms with E-state index in [9.17, 15) is 26.7 Å². The number of fused-ring (bicyclic) bond motifs is 2. The number of alkyl halides is 3. The van der Waals surface area contributed by atoms with E-state index in [-0.39, 0.29) is 18.8 Å². The lowest BCUT2D eigenvalue weighted by Crippen LogP contribution is -2.30. The predicted octanol–water partition coefficient (Wildman–Crippen LogP) is 6.72. The van der Waals surface area contributed by atoms with Crippen LogP contribution in [0, 0.1) is 28.9 Å². The zero-order valence-corrected chi connectivity index (χ0v) is 19.6. The van der Waals surface area contributed by atoms with E-state index in [4.69, 9.17) is 5.26 Å². The average molecular weight is 522 g/mol. The van der Waals surface area contributed by atoms with Crippen molar-refractivity contribution in [2.24, 2.45) is 5.92 Å². The van der Waals surface area contributed by atoms with Gasteiger partial charge in [0, 0.05) is 53.0 Å². The van der Waals surface area contributed by atoms with Crippen molar-refractivity contribution in [3.8, 4) is 6.07 Å². The van der Waals surface area contributed by atoms with Crippen LogP contribution in [-0.2, 0) is 24.1 Å². The Kier molecular flexibility index (Phi) is 6.36. The minimum absolute atomic E-state index is 0.106. The monoisotopic (exact) mass is 522 g/mol. The fraction of sp³-hybridized carbons (Fsp3) is 0.143. The van der Waals surface area contributed by atoms with E-state index in [0.717, 1.165) is 12.1 Å². The summed E-state index contributed by atoms with van der Waals surface area (Å²) < 4.78 is 71.2. The van der Waals surface area contributed by atoms with Gasteiger partial charge in [0.2, 0.25) is 5.91 Å². The summed E-state index contributed by atoms with van der Waals surface area (Å²) in [5.74, 6) is -2.16. The first kappa shape index (κ1) is 25.0. The molecule has 1 N–H and O–H groups in total. The number of nitriles is 1. The molecule has 0 fully saturated rings. The van der Waals surface area contributed by atoms with Crippen molar-refractivity contribution in [3.63, 3.8) is 0 Å². The maximum absolute atomic E-state index is 13.7. The van der Waals surface area contributed by atoms with Gasteiger partial charge in [-0.15, -0.1) is 0 Å². The van der Waals surface area contributed by atoms with Gasteiger partial charge in [0.15, 0.2) is 0 Å². The molecule has 0 unspecified atom stereocenters. The highest BCUT2D eigenvalue weighted by atomic mass is 19.4. The number of hydrogen-bond donors (Lipinski definition) is 1. The average Bonchev–Trinajstić information content (AvgIpc) is 3.46. The third-order valence-electron chi connectivity index (χ3n) is 6.38. The number of benzene rings is 3. The molecule has 1 amide bonds. The zero-order chi connectivity index (χ0) is 27.0. The molecule has 0 saturated carbocycles. The molecule has 5 rings (SSSR count). The normalized spacial score (nSPS) is 11.8. The maximum Gasteiger partial charge on any atom is 0.417 e. The number of nitrogens with one attached hydrogen (secondary N) is 1. The Morgan fingerprint density at radius 3 is 1.89 bits per heavy atom. The van der Waals surface area contributed by atoms with Crippen molar-refractivity contribution < 1.29 is 26.7 Å². The van der Waals surface area contributed by atoms with Crippen molar-refractivity contribution in [1.82, 2.24) is 9.13 Å². The Morgan fingerprint density at radius 1 is 0.842 bits per heavy atom. The molecule has 0 spiro atoms. The Balaban J connectivity index is 1.49. The van der Waals surface area contributed by atoms with Crippen molar-refractivity contribution >= 4 is 33.4 Å². The lowest BCUT2D eigenvalue weighted by atomic mass is 10.1. The second-order valence-electron chi connectivity index (χ2n) is 8.90. The van der Waals surface area contributed by atoms with Crippen LogP contribution in [0.15, 0.2) is 79.1 Å². The Labute approximate surface area is 213 Å². The van der Waals surface area contributed by atoms with Gasteiger partial charge in [-0.25, -0.2) is 8.78 Å². The van der Waals surface area contributed by atoms with E-state index >= 15 is 0 Å². The van der Waals surface area contributed by atoms with Crippen molar-refractivity contribution in [2.75, 3.05) is 5.32 Å². The summed E-state index contributed by atoms with van der Waals surface area (Å²) in [4.78, 5) is 13.5. The van der Waals surface area contributed by atoms with Gasteiger partial charge in [-0.3, -0.25) is 4.79 Å². The number of aromatic nitrogens is 2. The van der Waals surface area contributed by atoms with Crippen LogP contribution in [0.4, 0.5) is 27.6 Å². The third-order valence-corrected chi connectivity index (χ3v) is 6.38. The standard InChI is InChI=1S/C28H19F5N4O/c29-21-2-5-25-17(11-21)7-9-36(25)15-20(16-37-10-8-18-12-22(30)3-6-26(18)37)27(38)35-23-4-1-19(14-34)24(13-23)28(31,32)33/h1-13,20H,15-16H2,(H,35,38). The Hall–Kier alpha value is -4.65. The first-order valence-electron chi connectivity index (χ1n) is 11.5. The van der Waals surface area contributed by atoms with E-state index < -0.39 is 40.8 Å². The Bertz CT molecular complexity index is 1630. The summed E-state index contributed by atoms with van der Waals surface area (Å²) in [5, 5.41) is 12.9. The van der Waals surface area contributed by atoms with Gasteiger partial charge in [-0.1, -0.05) is 0 Å². The minimum atomic E-state index is -4.77. The van der Waals surface area contributed by atoms with Crippen LogP contribution in [0.2, 0.25) is 0 Å². The van der Waals surface area contributed by atoms with Crippen molar-refractivity contribution in [1.29, 1.82) is 5.26 Å². The topological polar surface area (TPSA) is 62.8 Å². The molecule has 192 valence electrons. The zero-order valence-electron chi connectivity index (χ0n) is 19.6. The third kappa shape index (κ3) is 4.95. The van der Waals surface area contributed by atoms with Gasteiger partial charge in [0.25, 0.3) is 0 Å². The van der Waals surface area contributed by atoms with E-state index in [1.165, 1.54) is 36.4 Å². The van der Waals surface area contributed by atoms with Gasteiger partial charge in [-0.2, -0.15) is 18.4 Å². The number of anilines is 1. The van der Waals surface area contributed by atoms with Crippen LogP contribution in [0.1, 0.15) is 11.1 Å². The molecule has 5 nitrogen and oxygen atoms in total. The molecule has 0 aliphatic carbocycles. The van der Waals surface area contributed by atoms with Gasteiger partial charge < -0.3 is 14.5 Å². The number of nitrogens with zero attached hydrogens (tertiary/aromatic N) is 3. The lowest BCUT2D eigenvalue weighted by molar-refractivity contribution is -0.137. The highest BCUT2D eigenvalue weighted by molar-refractivity contribution is 5.93. The summed E-state index contributed by atoms with van der Waals surface area (Å²) >= 11 is 0. The molecule has 0 aliphatic heterocycles. The Morgan fingerprint density at radius 2 is 1.39 bits per heavy atom. The molecule has 3 aromatic carbocycles. The first-order valence-corrected chi connectivity index (χ1v) is 11.5. The van der Waals surface area contributed by atoms with E-state index in [0.29, 0.717) is 21.8 Å². The maximum atomic E-state index is 13.7. The molecule has 38 heavy (non-hydrogen) atoms. The molecule has 10 heteroatoms. The fourth-order valence-electron chi connectivity index (χ4n) is 4.56. The summed E-state index contributed by atoms with van der Waals surface area (Å²) in [6.45, 7) is 0.258. The highest BCUT2D eigenvalue weighted by Gasteiger charge is 2.34. The molecule has 0 atom stereocenters. The van der Waals surface area contributed by atoms with E-state index in [1.807, 2.05) is 0 Å². The molecular weight excluding hydrogens is 503 g/mol. The predicted molar refractivity (Wildman–Crippen MR) is 132 cm³/mol. The summed E-state index contributed by atoms with van der Waals surface area (Å²) in [6.07, 6.45) is -1.36. The highest BCUT2D eigenvalue weighted by Crippen LogP contribution is 2.34. The first-order chi connectivity index (χ1) is 18.1. The SMILES string of the molecule is N#Cc1ccc(NC(=O)C(Cn2ccc3cc(F)ccc32)Cn2ccc3cc(F)ccc32)cc1C(F)(F)F. The van der Waals surface area contributed by atoms with Gasteiger partial charge in [0.05, 0.1) is 23.1 Å². The van der Waals surface area contributed by atoms with Crippen molar-refractivity contribution in [3.05, 3.63) is 102 Å². The number of halogens is 5. The fourth-order valence-corrected chi connectivity index (χ4v) is 4.56. The van der Waals surface area contributed by atoms with E-state index in [1.54, 1.807) is 45.8 Å². The second kappa shape index (κ2) is 9.67. The molecular formula is C28H19F5N4O. The molecule has 0 aliphatic rings. The number of carbonyl (C=O) groups excluding carboxylic acids is 1. The number of hydrogen-bond acceptors (Lipinski definition) is 2. The van der Waals surface area contributed by atoms with Gasteiger partial charge >= 0.3 is 6.18 Å². The minimum Gasteiger partial charge on any atom is -0.347 e. The van der Waals surface area contributed by atoms with Crippen molar-refractivity contribution in [2.45, 2.75) is 19.3 Å². The summed E-state index contributed by atoms with van der Waals surface area (Å²) in [6, 6.07) is 16.4. The van der Waals surface area contributed by atoms with Crippen LogP contribution in [0.3, 0.4) is 0 Å². The summed E-state index contributed by atoms with van der Waals surface area (Å²) in [5.41, 5.74) is -0.441. The molecule has 2 aromatic heterocycles. The number of amides is 1. The van der Waals surface area contributed by atoms with Crippen LogP contribution in [0.25, 0.3) is 21.8 Å². The molecule has 5 aromatic rings. The summed E-state index contributed by atoms with van der Waals surface area (Å²) in [7, 11) is 0. The van der Waals surface area contributed by atoms with E-state index in [2.05, 4.69) is 5.32 Å². The quantitative estimate of drug-likeness (QED) is 0.252. The molecule has 0 bridgehead atoms. The van der Waals surface area contributed by atoms with Crippen LogP contribution in [0.5, 0.6) is 0 Å². The largest absolute Gasteiger partial charge is 0.417 e. The van der Waals surface area contributed by atoms with Gasteiger partial charge in [-0.05, 0) is 66.7 Å². The molecule has 0 radical (unpaired) electrons. The second-order valence-corrected chi connectivity index (χ2v) is 8.90. The van der Waals surface area contributed by atoms with Crippen LogP contribution >= 0.6 is 0 Å². The number of carbonyl (C=O) groups is 1. The van der Waals surface area contributed by atoms with Crippen LogP contribution < -0.4 is 5.32 Å². The lowest BCUT2D eigenvalue weighted by Gasteiger charge is -2.20. The number of rotatable bonds is 6. The smallest absolute Gasteiger partial charge is 0.347 e. The molecule has 2 heterocycles. The molecule has 0 saturated heterocycles. The van der Waals surface area contributed by atoms with Gasteiger partial charge in [0.1, 0.15) is 11.6 Å². The van der Waals surface area contributed by atoms with Crippen LogP contribution in [-0.4, -0.2) is 15.0 Å².